The van der Waals surface area contributed by atoms with Gasteiger partial charge in [0, 0.05) is 11.8 Å². The van der Waals surface area contributed by atoms with Crippen LogP contribution in [0.3, 0.4) is 0 Å². The van der Waals surface area contributed by atoms with E-state index in [0.717, 1.165) is 11.4 Å². The van der Waals surface area contributed by atoms with E-state index in [2.05, 4.69) is 10.6 Å². The van der Waals surface area contributed by atoms with E-state index < -0.39 is 5.91 Å². The molecule has 108 valence electrons. The van der Waals surface area contributed by atoms with Crippen LogP contribution in [-0.2, 0) is 0 Å². The third-order valence-corrected chi connectivity index (χ3v) is 2.97. The largest absolute Gasteiger partial charge is 0.497 e. The molecule has 0 atom stereocenters. The van der Waals surface area contributed by atoms with Gasteiger partial charge in [-0.15, -0.1) is 0 Å². The summed E-state index contributed by atoms with van der Waals surface area (Å²) in [6, 6.07) is 14.3. The second kappa shape index (κ2) is 6.71. The Bertz CT molecular complexity index is 673. The SMILES string of the molecule is COc1cccc(NC(=S)Nc2ccccc2C(N)=O)c1. The molecule has 2 rings (SSSR count). The molecule has 0 fully saturated rings. The topological polar surface area (TPSA) is 76.4 Å². The summed E-state index contributed by atoms with van der Waals surface area (Å²) in [6.45, 7) is 0. The number of amides is 1. The fourth-order valence-corrected chi connectivity index (χ4v) is 2.02. The molecule has 0 unspecified atom stereocenters. The molecule has 0 heterocycles. The molecule has 0 saturated heterocycles. The molecule has 1 amide bonds. The first-order valence-electron chi connectivity index (χ1n) is 6.21. The van der Waals surface area contributed by atoms with Crippen LogP contribution in [0.15, 0.2) is 48.5 Å². The zero-order valence-corrected chi connectivity index (χ0v) is 12.2. The maximum absolute atomic E-state index is 11.3. The Morgan fingerprint density at radius 3 is 2.62 bits per heavy atom. The van der Waals surface area contributed by atoms with Crippen LogP contribution in [0.4, 0.5) is 11.4 Å². The number of carbonyl (C=O) groups excluding carboxylic acids is 1. The summed E-state index contributed by atoms with van der Waals surface area (Å²) in [5.74, 6) is 0.211. The van der Waals surface area contributed by atoms with Crippen molar-refractivity contribution in [1.82, 2.24) is 0 Å². The average molecular weight is 301 g/mol. The van der Waals surface area contributed by atoms with Gasteiger partial charge in [0.1, 0.15) is 5.75 Å². The number of thiocarbonyl (C=S) groups is 1. The number of nitrogens with two attached hydrogens (primary N) is 1. The van der Waals surface area contributed by atoms with Crippen molar-refractivity contribution >= 4 is 34.6 Å². The summed E-state index contributed by atoms with van der Waals surface area (Å²) in [5.41, 5.74) is 7.04. The van der Waals surface area contributed by atoms with E-state index >= 15 is 0 Å². The molecule has 21 heavy (non-hydrogen) atoms. The highest BCUT2D eigenvalue weighted by Gasteiger charge is 2.08. The lowest BCUT2D eigenvalue weighted by Crippen LogP contribution is -2.22. The van der Waals surface area contributed by atoms with Crippen molar-refractivity contribution in [3.8, 4) is 5.75 Å². The van der Waals surface area contributed by atoms with E-state index in [4.69, 9.17) is 22.7 Å². The number of para-hydroxylation sites is 1. The molecule has 0 bridgehead atoms. The average Bonchev–Trinajstić information content (AvgIpc) is 2.47. The fraction of sp³-hybridized carbons (Fsp3) is 0.0667. The van der Waals surface area contributed by atoms with Gasteiger partial charge in [0.05, 0.1) is 18.4 Å². The number of benzene rings is 2. The van der Waals surface area contributed by atoms with E-state index in [1.165, 1.54) is 0 Å². The van der Waals surface area contributed by atoms with Gasteiger partial charge >= 0.3 is 0 Å². The summed E-state index contributed by atoms with van der Waals surface area (Å²) >= 11 is 5.23. The van der Waals surface area contributed by atoms with Crippen molar-refractivity contribution in [2.75, 3.05) is 17.7 Å². The van der Waals surface area contributed by atoms with Gasteiger partial charge in [-0.25, -0.2) is 0 Å². The number of methoxy groups -OCH3 is 1. The van der Waals surface area contributed by atoms with Crippen LogP contribution in [0.5, 0.6) is 5.75 Å². The normalized spacial score (nSPS) is 9.76. The standard InChI is InChI=1S/C15H15N3O2S/c1-20-11-6-4-5-10(9-11)17-15(21)18-13-8-3-2-7-12(13)14(16)19/h2-9H,1H3,(H2,16,19)(H2,17,18,21). The molecule has 5 nitrogen and oxygen atoms in total. The number of nitrogens with one attached hydrogen (secondary N) is 2. The Hall–Kier alpha value is -2.60. The van der Waals surface area contributed by atoms with E-state index in [9.17, 15) is 4.79 Å². The second-order valence-corrected chi connectivity index (χ2v) is 4.63. The molecular formula is C15H15N3O2S. The number of hydrogen-bond donors (Lipinski definition) is 3. The fourth-order valence-electron chi connectivity index (χ4n) is 1.79. The van der Waals surface area contributed by atoms with Crippen molar-refractivity contribution in [2.45, 2.75) is 0 Å². The van der Waals surface area contributed by atoms with Gasteiger partial charge in [0.25, 0.3) is 5.91 Å². The molecule has 2 aromatic rings. The predicted octanol–water partition coefficient (Wildman–Crippen LogP) is 2.60. The second-order valence-electron chi connectivity index (χ2n) is 4.22. The first-order chi connectivity index (χ1) is 10.1. The van der Waals surface area contributed by atoms with Gasteiger partial charge in [-0.3, -0.25) is 4.79 Å². The van der Waals surface area contributed by atoms with Gasteiger partial charge in [-0.05, 0) is 36.5 Å². The monoisotopic (exact) mass is 301 g/mol. The summed E-state index contributed by atoms with van der Waals surface area (Å²) in [4.78, 5) is 11.3. The molecule has 6 heteroatoms. The van der Waals surface area contributed by atoms with Crippen LogP contribution in [0.1, 0.15) is 10.4 Å². The van der Waals surface area contributed by atoms with Gasteiger partial charge in [-0.2, -0.15) is 0 Å². The van der Waals surface area contributed by atoms with E-state index in [1.54, 1.807) is 31.4 Å². The zero-order valence-electron chi connectivity index (χ0n) is 11.4. The highest BCUT2D eigenvalue weighted by Crippen LogP contribution is 2.18. The Kier molecular flexibility index (Phi) is 4.73. The molecule has 0 saturated carbocycles. The number of hydrogen-bond acceptors (Lipinski definition) is 3. The molecule has 0 aliphatic rings. The van der Waals surface area contributed by atoms with Crippen molar-refractivity contribution in [1.29, 1.82) is 0 Å². The van der Waals surface area contributed by atoms with Crippen LogP contribution in [0, 0.1) is 0 Å². The Labute approximate surface area is 128 Å². The summed E-state index contributed by atoms with van der Waals surface area (Å²) in [7, 11) is 1.60. The summed E-state index contributed by atoms with van der Waals surface area (Å²) < 4.78 is 5.14. The number of rotatable bonds is 4. The highest BCUT2D eigenvalue weighted by atomic mass is 32.1. The van der Waals surface area contributed by atoms with E-state index in [0.29, 0.717) is 16.4 Å². The highest BCUT2D eigenvalue weighted by molar-refractivity contribution is 7.80. The quantitative estimate of drug-likeness (QED) is 0.757. The first kappa shape index (κ1) is 14.8. The number of anilines is 2. The minimum atomic E-state index is -0.512. The Balaban J connectivity index is 2.10. The lowest BCUT2D eigenvalue weighted by molar-refractivity contribution is 0.100. The first-order valence-corrected chi connectivity index (χ1v) is 6.62. The zero-order chi connectivity index (χ0) is 15.2. The van der Waals surface area contributed by atoms with Crippen molar-refractivity contribution in [3.63, 3.8) is 0 Å². The molecular weight excluding hydrogens is 286 g/mol. The smallest absolute Gasteiger partial charge is 0.250 e. The van der Waals surface area contributed by atoms with Crippen LogP contribution in [-0.4, -0.2) is 18.1 Å². The maximum Gasteiger partial charge on any atom is 0.250 e. The molecule has 0 aliphatic carbocycles. The lowest BCUT2D eigenvalue weighted by Gasteiger charge is -2.13. The lowest BCUT2D eigenvalue weighted by atomic mass is 10.1. The number of carbonyl (C=O) groups is 1. The van der Waals surface area contributed by atoms with Gasteiger partial charge in [0.2, 0.25) is 0 Å². The molecule has 0 radical (unpaired) electrons. The third-order valence-electron chi connectivity index (χ3n) is 2.77. The van der Waals surface area contributed by atoms with E-state index in [1.807, 2.05) is 24.3 Å². The number of ether oxygens (including phenoxy) is 1. The molecule has 0 aromatic heterocycles. The molecule has 4 N–H and O–H groups in total. The minimum absolute atomic E-state index is 0.358. The molecule has 0 spiro atoms. The van der Waals surface area contributed by atoms with Gasteiger partial charge in [0.15, 0.2) is 5.11 Å². The predicted molar refractivity (Wildman–Crippen MR) is 87.8 cm³/mol. The van der Waals surface area contributed by atoms with Gasteiger partial charge < -0.3 is 21.1 Å². The Morgan fingerprint density at radius 2 is 1.90 bits per heavy atom. The van der Waals surface area contributed by atoms with Crippen LogP contribution in [0.2, 0.25) is 0 Å². The van der Waals surface area contributed by atoms with Crippen LogP contribution in [0.25, 0.3) is 0 Å². The molecule has 2 aromatic carbocycles. The molecule has 0 aliphatic heterocycles. The minimum Gasteiger partial charge on any atom is -0.497 e. The van der Waals surface area contributed by atoms with Crippen molar-refractivity contribution in [2.24, 2.45) is 5.73 Å². The maximum atomic E-state index is 11.3. The van der Waals surface area contributed by atoms with Crippen LogP contribution >= 0.6 is 12.2 Å². The van der Waals surface area contributed by atoms with Crippen molar-refractivity contribution in [3.05, 3.63) is 54.1 Å². The third kappa shape index (κ3) is 3.93. The summed E-state index contributed by atoms with van der Waals surface area (Å²) in [5, 5.41) is 6.33. The van der Waals surface area contributed by atoms with Crippen LogP contribution < -0.4 is 21.1 Å². The Morgan fingerprint density at radius 1 is 1.14 bits per heavy atom. The van der Waals surface area contributed by atoms with E-state index in [-0.39, 0.29) is 0 Å². The summed E-state index contributed by atoms with van der Waals surface area (Å²) in [6.07, 6.45) is 0. The van der Waals surface area contributed by atoms with Crippen molar-refractivity contribution < 1.29 is 9.53 Å². The number of primary amides is 1. The van der Waals surface area contributed by atoms with Gasteiger partial charge in [-0.1, -0.05) is 18.2 Å².